The van der Waals surface area contributed by atoms with E-state index in [4.69, 9.17) is 0 Å². The molecule has 30 heavy (non-hydrogen) atoms. The number of hydrogen-bond donors (Lipinski definition) is 1. The van der Waals surface area contributed by atoms with Crippen LogP contribution in [0.3, 0.4) is 0 Å². The van der Waals surface area contributed by atoms with E-state index in [0.29, 0.717) is 25.1 Å². The highest BCUT2D eigenvalue weighted by atomic mass is 35.5. The zero-order valence-electron chi connectivity index (χ0n) is 16.4. The number of amides is 1. The second-order valence-electron chi connectivity index (χ2n) is 7.03. The Morgan fingerprint density at radius 1 is 1.17 bits per heavy atom. The van der Waals surface area contributed by atoms with Crippen LogP contribution in [0.5, 0.6) is 0 Å². The predicted octanol–water partition coefficient (Wildman–Crippen LogP) is 4.19. The first-order valence-electron chi connectivity index (χ1n) is 9.41. The molecule has 0 spiro atoms. The molecular formula is C22H22ClN3O3S. The molecule has 4 rings (SSSR count). The monoisotopic (exact) mass is 443 g/mol. The Balaban J connectivity index is 0.00000256. The fourth-order valence-corrected chi connectivity index (χ4v) is 4.41. The summed E-state index contributed by atoms with van der Waals surface area (Å²) in [7, 11) is 0. The summed E-state index contributed by atoms with van der Waals surface area (Å²) in [6, 6.07) is 10.5. The minimum absolute atomic E-state index is 0. The van der Waals surface area contributed by atoms with Gasteiger partial charge in [-0.05, 0) is 24.8 Å². The van der Waals surface area contributed by atoms with Crippen LogP contribution in [-0.4, -0.2) is 37.8 Å². The first-order valence-corrected chi connectivity index (χ1v) is 10.3. The summed E-state index contributed by atoms with van der Waals surface area (Å²) in [5.74, 6) is -1.33. The van der Waals surface area contributed by atoms with Gasteiger partial charge in [-0.1, -0.05) is 35.9 Å². The molecule has 1 saturated heterocycles. The molecule has 0 saturated carbocycles. The number of aliphatic hydroxyl groups is 1. The molecule has 3 heterocycles. The molecule has 1 amide bonds. The highest BCUT2D eigenvalue weighted by Crippen LogP contribution is 2.41. The number of halogens is 1. The van der Waals surface area contributed by atoms with Crippen LogP contribution in [0, 0.1) is 6.92 Å². The highest BCUT2D eigenvalue weighted by Gasteiger charge is 2.46. The lowest BCUT2D eigenvalue weighted by Crippen LogP contribution is -2.31. The SMILES string of the molecule is Cc1ccc(/C(O)=C2\C(=O)C(=O)N(CCCn3ccnc3)C2c2cccs2)cc1.Cl. The molecule has 1 aromatic carbocycles. The van der Waals surface area contributed by atoms with Crippen LogP contribution in [0.1, 0.15) is 28.5 Å². The Bertz CT molecular complexity index is 1040. The number of ketones is 1. The molecule has 1 aliphatic heterocycles. The lowest BCUT2D eigenvalue weighted by Gasteiger charge is -2.24. The van der Waals surface area contributed by atoms with Crippen molar-refractivity contribution in [3.8, 4) is 0 Å². The molecule has 2 aromatic heterocycles. The molecule has 1 aliphatic rings. The molecule has 1 atom stereocenters. The molecule has 0 bridgehead atoms. The van der Waals surface area contributed by atoms with E-state index in [9.17, 15) is 14.7 Å². The second kappa shape index (κ2) is 9.28. The number of aromatic nitrogens is 2. The standard InChI is InChI=1S/C22H21N3O3S.ClH/c1-15-5-7-16(8-6-15)20(26)18-19(17-4-2-13-29-17)25(22(28)21(18)27)11-3-10-24-12-9-23-14-24;/h2,4-9,12-14,19,26H,3,10-11H2,1H3;1H/b20-18+;. The van der Waals surface area contributed by atoms with Gasteiger partial charge in [-0.2, -0.15) is 0 Å². The molecule has 8 heteroatoms. The van der Waals surface area contributed by atoms with Crippen LogP contribution in [0.2, 0.25) is 0 Å². The number of thiophene rings is 1. The Kier molecular flexibility index (Phi) is 6.74. The average Bonchev–Trinajstić information content (AvgIpc) is 3.46. The highest BCUT2D eigenvalue weighted by molar-refractivity contribution is 7.10. The van der Waals surface area contributed by atoms with Crippen molar-refractivity contribution in [2.75, 3.05) is 6.54 Å². The summed E-state index contributed by atoms with van der Waals surface area (Å²) in [4.78, 5) is 32.2. The lowest BCUT2D eigenvalue weighted by molar-refractivity contribution is -0.139. The second-order valence-corrected chi connectivity index (χ2v) is 8.01. The van der Waals surface area contributed by atoms with Crippen molar-refractivity contribution in [2.45, 2.75) is 25.9 Å². The molecule has 3 aromatic rings. The van der Waals surface area contributed by atoms with Crippen molar-refractivity contribution in [1.29, 1.82) is 0 Å². The van der Waals surface area contributed by atoms with Crippen LogP contribution in [0.15, 0.2) is 66.1 Å². The number of likely N-dealkylation sites (tertiary alicyclic amines) is 1. The molecule has 0 radical (unpaired) electrons. The average molecular weight is 444 g/mol. The predicted molar refractivity (Wildman–Crippen MR) is 119 cm³/mol. The van der Waals surface area contributed by atoms with Crippen LogP contribution < -0.4 is 0 Å². The fourth-order valence-electron chi connectivity index (χ4n) is 3.56. The van der Waals surface area contributed by atoms with Gasteiger partial charge < -0.3 is 14.6 Å². The van der Waals surface area contributed by atoms with Crippen LogP contribution in [-0.2, 0) is 16.1 Å². The van der Waals surface area contributed by atoms with E-state index in [1.165, 1.54) is 11.3 Å². The molecular weight excluding hydrogens is 422 g/mol. The van der Waals surface area contributed by atoms with Gasteiger partial charge in [-0.25, -0.2) is 4.98 Å². The van der Waals surface area contributed by atoms with Crippen LogP contribution in [0.4, 0.5) is 0 Å². The topological polar surface area (TPSA) is 75.4 Å². The molecule has 1 N–H and O–H groups in total. The van der Waals surface area contributed by atoms with E-state index in [2.05, 4.69) is 4.98 Å². The minimum atomic E-state index is -0.635. The largest absolute Gasteiger partial charge is 0.507 e. The van der Waals surface area contributed by atoms with E-state index in [-0.39, 0.29) is 23.7 Å². The van der Waals surface area contributed by atoms with Gasteiger partial charge in [0.25, 0.3) is 11.7 Å². The van der Waals surface area contributed by atoms with Gasteiger partial charge >= 0.3 is 0 Å². The summed E-state index contributed by atoms with van der Waals surface area (Å²) in [6.07, 6.45) is 5.97. The van der Waals surface area contributed by atoms with Gasteiger partial charge in [0, 0.05) is 35.9 Å². The number of carbonyl (C=O) groups excluding carboxylic acids is 2. The van der Waals surface area contributed by atoms with E-state index in [1.54, 1.807) is 29.6 Å². The number of carbonyl (C=O) groups is 2. The Morgan fingerprint density at radius 3 is 2.57 bits per heavy atom. The van der Waals surface area contributed by atoms with Crippen molar-refractivity contribution < 1.29 is 14.7 Å². The molecule has 6 nitrogen and oxygen atoms in total. The summed E-state index contributed by atoms with van der Waals surface area (Å²) >= 11 is 1.47. The number of aryl methyl sites for hydroxylation is 2. The summed E-state index contributed by atoms with van der Waals surface area (Å²) in [5, 5.41) is 12.8. The maximum absolute atomic E-state index is 12.9. The Hall–Kier alpha value is -2.90. The van der Waals surface area contributed by atoms with Gasteiger partial charge in [0.2, 0.25) is 0 Å². The van der Waals surface area contributed by atoms with Crippen LogP contribution >= 0.6 is 23.7 Å². The van der Waals surface area contributed by atoms with Gasteiger partial charge in [0.05, 0.1) is 17.9 Å². The first kappa shape index (κ1) is 21.8. The number of benzene rings is 1. The number of Topliss-reactive ketones (excluding diaryl/α,β-unsaturated/α-hetero) is 1. The van der Waals surface area contributed by atoms with E-state index in [0.717, 1.165) is 10.4 Å². The summed E-state index contributed by atoms with van der Waals surface area (Å²) < 4.78 is 1.93. The number of aliphatic hydroxyl groups excluding tert-OH is 1. The summed E-state index contributed by atoms with van der Waals surface area (Å²) in [6.45, 7) is 3.06. The van der Waals surface area contributed by atoms with E-state index >= 15 is 0 Å². The Morgan fingerprint density at radius 2 is 1.93 bits per heavy atom. The summed E-state index contributed by atoms with van der Waals surface area (Å²) in [5.41, 5.74) is 1.74. The zero-order valence-corrected chi connectivity index (χ0v) is 18.0. The van der Waals surface area contributed by atoms with E-state index < -0.39 is 17.7 Å². The third kappa shape index (κ3) is 4.17. The zero-order chi connectivity index (χ0) is 20.4. The normalized spacial score (nSPS) is 17.9. The lowest BCUT2D eigenvalue weighted by atomic mass is 9.99. The molecule has 1 unspecified atom stereocenters. The quantitative estimate of drug-likeness (QED) is 0.352. The fraction of sp³-hybridized carbons (Fsp3) is 0.227. The van der Waals surface area contributed by atoms with Gasteiger partial charge in [0.15, 0.2) is 0 Å². The van der Waals surface area contributed by atoms with Gasteiger partial charge in [0.1, 0.15) is 5.76 Å². The molecule has 156 valence electrons. The van der Waals surface area contributed by atoms with Crippen molar-refractivity contribution >= 4 is 41.2 Å². The molecule has 0 aliphatic carbocycles. The van der Waals surface area contributed by atoms with Gasteiger partial charge in [-0.15, -0.1) is 23.7 Å². The number of rotatable bonds is 6. The van der Waals surface area contributed by atoms with Crippen molar-refractivity contribution in [2.24, 2.45) is 0 Å². The van der Waals surface area contributed by atoms with Crippen molar-refractivity contribution in [3.63, 3.8) is 0 Å². The maximum Gasteiger partial charge on any atom is 0.295 e. The third-order valence-corrected chi connectivity index (χ3v) is 5.98. The third-order valence-electron chi connectivity index (χ3n) is 5.05. The first-order chi connectivity index (χ1) is 14.1. The number of imidazole rings is 1. The van der Waals surface area contributed by atoms with Crippen molar-refractivity contribution in [3.05, 3.63) is 82.1 Å². The maximum atomic E-state index is 12.9. The van der Waals surface area contributed by atoms with Crippen molar-refractivity contribution in [1.82, 2.24) is 14.5 Å². The van der Waals surface area contributed by atoms with Gasteiger partial charge in [-0.3, -0.25) is 9.59 Å². The minimum Gasteiger partial charge on any atom is -0.507 e. The number of nitrogens with zero attached hydrogens (tertiary/aromatic N) is 3. The Labute approximate surface area is 184 Å². The van der Waals surface area contributed by atoms with Crippen LogP contribution in [0.25, 0.3) is 5.76 Å². The molecule has 1 fully saturated rings. The smallest absolute Gasteiger partial charge is 0.295 e. The van der Waals surface area contributed by atoms with E-state index in [1.807, 2.05) is 47.3 Å². The number of hydrogen-bond acceptors (Lipinski definition) is 5.